The van der Waals surface area contributed by atoms with Gasteiger partial charge in [-0.1, -0.05) is 84.0 Å². The molecule has 6 nitrogen and oxygen atoms in total. The number of carbonyl (C=O) groups is 1. The largest absolute Gasteiger partial charge is 0.462 e. The number of ether oxygens (including phenoxy) is 2. The minimum atomic E-state index is -4.41. The summed E-state index contributed by atoms with van der Waals surface area (Å²) in [5, 5.41) is 0. The number of esters is 1. The Bertz CT molecular complexity index is 396. The van der Waals surface area contributed by atoms with Gasteiger partial charge in [0.05, 0.1) is 0 Å². The molecule has 0 bridgehead atoms. The second-order valence-electron chi connectivity index (χ2n) is 7.17. The second-order valence-corrected chi connectivity index (χ2v) is 8.93. The molecule has 0 saturated heterocycles. The molecule has 0 heterocycles. The van der Waals surface area contributed by atoms with Crippen molar-refractivity contribution in [1.29, 1.82) is 0 Å². The van der Waals surface area contributed by atoms with Crippen LogP contribution in [-0.2, 0) is 18.8 Å². The topological polar surface area (TPSA) is 93.1 Å². The van der Waals surface area contributed by atoms with Crippen LogP contribution in [0.2, 0.25) is 0 Å². The normalized spacial score (nSPS) is 12.9. The molecule has 162 valence electrons. The smallest absolute Gasteiger partial charge is 0.357 e. The molecule has 0 rings (SSSR count). The fraction of sp³-hybridized carbons (Fsp3) is 0.950. The molecule has 27 heavy (non-hydrogen) atoms. The molecule has 0 aliphatic carbocycles. The highest BCUT2D eigenvalue weighted by Crippen LogP contribution is 2.41. The summed E-state index contributed by atoms with van der Waals surface area (Å²) in [5.41, 5.74) is 0. The summed E-state index contributed by atoms with van der Waals surface area (Å²) >= 11 is 0. The van der Waals surface area contributed by atoms with Gasteiger partial charge in [0.1, 0.15) is 6.61 Å². The third-order valence-corrected chi connectivity index (χ3v) is 5.65. The lowest BCUT2D eigenvalue weighted by Crippen LogP contribution is -2.22. The Hall–Kier alpha value is -0.420. The molecular formula is C20H41O6P. The van der Waals surface area contributed by atoms with Crippen molar-refractivity contribution in [2.45, 2.75) is 110 Å². The zero-order valence-corrected chi connectivity index (χ0v) is 18.3. The van der Waals surface area contributed by atoms with Crippen molar-refractivity contribution in [2.24, 2.45) is 0 Å². The van der Waals surface area contributed by atoms with E-state index in [1.54, 1.807) is 6.92 Å². The van der Waals surface area contributed by atoms with Gasteiger partial charge in [0.2, 0.25) is 0 Å². The third kappa shape index (κ3) is 17.4. The maximum absolute atomic E-state index is 11.6. The van der Waals surface area contributed by atoms with Gasteiger partial charge in [0.25, 0.3) is 0 Å². The standard InChI is InChI=1S/C20H41O6P/c1-3-5-6-7-8-9-10-11-12-13-14-15-16-17-19(21)26-18-20(25-4-2)27(22,23)24/h20H,3-18H2,1-2H3,(H2,22,23,24). The van der Waals surface area contributed by atoms with Crippen molar-refractivity contribution in [2.75, 3.05) is 13.2 Å². The number of hydrogen-bond acceptors (Lipinski definition) is 4. The molecule has 0 aromatic carbocycles. The molecule has 1 atom stereocenters. The van der Waals surface area contributed by atoms with Crippen LogP contribution < -0.4 is 0 Å². The summed E-state index contributed by atoms with van der Waals surface area (Å²) in [5.74, 6) is -1.78. The van der Waals surface area contributed by atoms with Gasteiger partial charge < -0.3 is 19.3 Å². The molecule has 0 fully saturated rings. The van der Waals surface area contributed by atoms with Crippen LogP contribution >= 0.6 is 7.60 Å². The molecule has 0 aliphatic rings. The summed E-state index contributed by atoms with van der Waals surface area (Å²) in [7, 11) is -4.41. The highest BCUT2D eigenvalue weighted by atomic mass is 31.2. The lowest BCUT2D eigenvalue weighted by atomic mass is 10.0. The number of unbranched alkanes of at least 4 members (excludes halogenated alkanes) is 12. The molecule has 0 aliphatic heterocycles. The fourth-order valence-electron chi connectivity index (χ4n) is 2.96. The van der Waals surface area contributed by atoms with Crippen LogP contribution in [0.5, 0.6) is 0 Å². The van der Waals surface area contributed by atoms with Crippen molar-refractivity contribution in [1.82, 2.24) is 0 Å². The minimum absolute atomic E-state index is 0.159. The molecule has 0 aromatic rings. The van der Waals surface area contributed by atoms with E-state index in [2.05, 4.69) is 6.92 Å². The molecule has 2 N–H and O–H groups in total. The van der Waals surface area contributed by atoms with Gasteiger partial charge in [-0.05, 0) is 13.3 Å². The van der Waals surface area contributed by atoms with Crippen molar-refractivity contribution in [3.05, 3.63) is 0 Å². The van der Waals surface area contributed by atoms with Gasteiger partial charge in [-0.3, -0.25) is 9.36 Å². The summed E-state index contributed by atoms with van der Waals surface area (Å²) in [6, 6.07) is 0. The molecule has 7 heteroatoms. The van der Waals surface area contributed by atoms with Crippen LogP contribution in [-0.4, -0.2) is 34.8 Å². The van der Waals surface area contributed by atoms with E-state index in [4.69, 9.17) is 19.3 Å². The van der Waals surface area contributed by atoms with E-state index in [1.165, 1.54) is 64.2 Å². The molecular weight excluding hydrogens is 367 g/mol. The average Bonchev–Trinajstić information content (AvgIpc) is 2.61. The third-order valence-electron chi connectivity index (χ3n) is 4.61. The van der Waals surface area contributed by atoms with Crippen molar-refractivity contribution < 1.29 is 28.6 Å². The Morgan fingerprint density at radius 3 is 1.67 bits per heavy atom. The van der Waals surface area contributed by atoms with E-state index in [0.29, 0.717) is 0 Å². The van der Waals surface area contributed by atoms with Crippen molar-refractivity contribution in [3.63, 3.8) is 0 Å². The first-order chi connectivity index (χ1) is 12.9. The Labute approximate surface area is 165 Å². The van der Waals surface area contributed by atoms with Gasteiger partial charge in [-0.2, -0.15) is 0 Å². The van der Waals surface area contributed by atoms with Gasteiger partial charge in [0.15, 0.2) is 5.85 Å². The van der Waals surface area contributed by atoms with Crippen LogP contribution in [0, 0.1) is 0 Å². The summed E-state index contributed by atoms with van der Waals surface area (Å²) in [6.07, 6.45) is 16.4. The van der Waals surface area contributed by atoms with Crippen LogP contribution in [0.3, 0.4) is 0 Å². The number of hydrogen-bond donors (Lipinski definition) is 2. The van der Waals surface area contributed by atoms with Crippen molar-refractivity contribution >= 4 is 13.6 Å². The Kier molecular flexibility index (Phi) is 17.4. The van der Waals surface area contributed by atoms with Gasteiger partial charge >= 0.3 is 13.6 Å². The predicted molar refractivity (Wildman–Crippen MR) is 109 cm³/mol. The van der Waals surface area contributed by atoms with Crippen LogP contribution in [0.1, 0.15) is 104 Å². The first kappa shape index (κ1) is 26.6. The van der Waals surface area contributed by atoms with Crippen LogP contribution in [0.15, 0.2) is 0 Å². The van der Waals surface area contributed by atoms with Crippen LogP contribution in [0.4, 0.5) is 0 Å². The Morgan fingerprint density at radius 1 is 0.815 bits per heavy atom. The molecule has 0 saturated carbocycles. The average molecular weight is 409 g/mol. The van der Waals surface area contributed by atoms with E-state index in [1.807, 2.05) is 0 Å². The highest BCUT2D eigenvalue weighted by Gasteiger charge is 2.30. The summed E-state index contributed by atoms with van der Waals surface area (Å²) in [4.78, 5) is 29.9. The lowest BCUT2D eigenvalue weighted by Gasteiger charge is -2.18. The molecule has 0 amide bonds. The zero-order valence-electron chi connectivity index (χ0n) is 17.4. The quantitative estimate of drug-likeness (QED) is 0.165. The van der Waals surface area contributed by atoms with Gasteiger partial charge in [-0.15, -0.1) is 0 Å². The van der Waals surface area contributed by atoms with Crippen molar-refractivity contribution in [3.8, 4) is 0 Å². The molecule has 0 aromatic heterocycles. The Balaban J connectivity index is 3.47. The first-order valence-electron chi connectivity index (χ1n) is 10.7. The van der Waals surface area contributed by atoms with Gasteiger partial charge in [0, 0.05) is 13.0 Å². The number of rotatable bonds is 19. The second kappa shape index (κ2) is 17.7. The maximum Gasteiger partial charge on any atom is 0.357 e. The van der Waals surface area contributed by atoms with E-state index in [0.717, 1.165) is 19.3 Å². The monoisotopic (exact) mass is 408 g/mol. The van der Waals surface area contributed by atoms with E-state index in [-0.39, 0.29) is 13.0 Å². The zero-order chi connectivity index (χ0) is 20.4. The maximum atomic E-state index is 11.6. The van der Waals surface area contributed by atoms with E-state index in [9.17, 15) is 9.36 Å². The predicted octanol–water partition coefficient (Wildman–Crippen LogP) is 5.55. The van der Waals surface area contributed by atoms with Crippen LogP contribution in [0.25, 0.3) is 0 Å². The molecule has 1 unspecified atom stereocenters. The first-order valence-corrected chi connectivity index (χ1v) is 12.4. The lowest BCUT2D eigenvalue weighted by molar-refractivity contribution is -0.146. The van der Waals surface area contributed by atoms with Gasteiger partial charge in [-0.25, -0.2) is 0 Å². The molecule has 0 radical (unpaired) electrons. The van der Waals surface area contributed by atoms with E-state index < -0.39 is 26.0 Å². The van der Waals surface area contributed by atoms with E-state index >= 15 is 0 Å². The highest BCUT2D eigenvalue weighted by molar-refractivity contribution is 7.52. The molecule has 0 spiro atoms. The summed E-state index contributed by atoms with van der Waals surface area (Å²) in [6.45, 7) is 3.65. The number of carbonyl (C=O) groups excluding carboxylic acids is 1. The summed E-state index contributed by atoms with van der Waals surface area (Å²) < 4.78 is 21.1. The minimum Gasteiger partial charge on any atom is -0.462 e. The fourth-order valence-corrected chi connectivity index (χ4v) is 3.57. The Morgan fingerprint density at radius 2 is 1.26 bits per heavy atom. The SMILES string of the molecule is CCCCCCCCCCCCCCCC(=O)OCC(OCC)P(=O)(O)O.